The summed E-state index contributed by atoms with van der Waals surface area (Å²) in [5.74, 6) is -0.601. The largest absolute Gasteiger partial charge is 0.467 e. The van der Waals surface area contributed by atoms with E-state index in [1.807, 2.05) is 20.8 Å². The van der Waals surface area contributed by atoms with Crippen molar-refractivity contribution in [3.8, 4) is 0 Å². The highest BCUT2D eigenvalue weighted by Crippen LogP contribution is 2.31. The van der Waals surface area contributed by atoms with Gasteiger partial charge < -0.3 is 30.5 Å². The molecule has 0 aliphatic heterocycles. The van der Waals surface area contributed by atoms with Crippen molar-refractivity contribution < 1.29 is 23.2 Å². The minimum absolute atomic E-state index is 0.00816. The number of hydrogen-bond acceptors (Lipinski definition) is 8. The number of nitrogens with two attached hydrogens (primary N) is 2. The second kappa shape index (κ2) is 9.49. The average molecular weight is 474 g/mol. The van der Waals surface area contributed by atoms with Gasteiger partial charge in [0.05, 0.1) is 18.5 Å². The summed E-state index contributed by atoms with van der Waals surface area (Å²) < 4.78 is 15.1. The highest BCUT2D eigenvalue weighted by Gasteiger charge is 2.38. The number of furan rings is 2. The molecule has 176 valence electrons. The van der Waals surface area contributed by atoms with Crippen LogP contribution in [0.2, 0.25) is 0 Å². The van der Waals surface area contributed by atoms with Crippen molar-refractivity contribution in [2.24, 2.45) is 5.73 Å². The molecule has 0 aliphatic rings. The van der Waals surface area contributed by atoms with Crippen molar-refractivity contribution in [2.45, 2.75) is 52.2 Å². The molecule has 0 aliphatic carbocycles. The molecule has 0 aromatic carbocycles. The van der Waals surface area contributed by atoms with Crippen molar-refractivity contribution in [1.82, 2.24) is 14.6 Å². The van der Waals surface area contributed by atoms with E-state index in [9.17, 15) is 14.4 Å². The van der Waals surface area contributed by atoms with Crippen LogP contribution in [0.25, 0.3) is 0 Å². The number of aryl methyl sites for hydroxylation is 1. The van der Waals surface area contributed by atoms with Gasteiger partial charge in [-0.2, -0.15) is 4.37 Å². The molecule has 0 unspecified atom stereocenters. The first-order valence-corrected chi connectivity index (χ1v) is 11.1. The van der Waals surface area contributed by atoms with Crippen LogP contribution in [0.4, 0.5) is 5.69 Å². The summed E-state index contributed by atoms with van der Waals surface area (Å²) in [6, 6.07) is 5.58. The van der Waals surface area contributed by atoms with Gasteiger partial charge in [0.15, 0.2) is 11.7 Å². The summed E-state index contributed by atoms with van der Waals surface area (Å²) in [4.78, 5) is 40.1. The predicted molar refractivity (Wildman–Crippen MR) is 122 cm³/mol. The van der Waals surface area contributed by atoms with Crippen molar-refractivity contribution in [3.63, 3.8) is 0 Å². The van der Waals surface area contributed by atoms with Gasteiger partial charge in [0.2, 0.25) is 0 Å². The van der Waals surface area contributed by atoms with E-state index < -0.39 is 29.3 Å². The van der Waals surface area contributed by atoms with Gasteiger partial charge in [-0.3, -0.25) is 14.4 Å². The van der Waals surface area contributed by atoms with Crippen molar-refractivity contribution in [2.75, 3.05) is 5.73 Å². The Labute approximate surface area is 195 Å². The van der Waals surface area contributed by atoms with Gasteiger partial charge in [0.25, 0.3) is 17.7 Å². The van der Waals surface area contributed by atoms with Gasteiger partial charge in [0, 0.05) is 5.54 Å². The lowest BCUT2D eigenvalue weighted by Crippen LogP contribution is -2.50. The summed E-state index contributed by atoms with van der Waals surface area (Å²) >= 11 is 0.741. The Hall–Kier alpha value is -3.60. The zero-order chi connectivity index (χ0) is 24.3. The summed E-state index contributed by atoms with van der Waals surface area (Å²) in [5, 5.41) is 2.98. The van der Waals surface area contributed by atoms with E-state index in [4.69, 9.17) is 20.3 Å². The molecule has 10 nitrogen and oxygen atoms in total. The van der Waals surface area contributed by atoms with E-state index >= 15 is 0 Å². The standard InChI is InChI=1S/C22H27N5O5S/c1-5-22(3,4)25-20(29)17(14-9-8-12(2)32-14)27(11-13-7-6-10-31-13)21(30)18-15(23)16(19(24)28)26-33-18/h6-10,17H,5,11,23H2,1-4H3,(H2,24,28)(H,25,29)/t17-/m1/s1. The van der Waals surface area contributed by atoms with Gasteiger partial charge in [-0.05, 0) is 63.0 Å². The third kappa shape index (κ3) is 5.25. The van der Waals surface area contributed by atoms with Crippen LogP contribution < -0.4 is 16.8 Å². The number of carbonyl (C=O) groups excluding carboxylic acids is 3. The van der Waals surface area contributed by atoms with Crippen LogP contribution >= 0.6 is 11.5 Å². The number of nitrogens with one attached hydrogen (secondary N) is 1. The van der Waals surface area contributed by atoms with Crippen molar-refractivity contribution >= 4 is 34.9 Å². The number of carbonyl (C=O) groups is 3. The fraction of sp³-hybridized carbons (Fsp3) is 0.364. The molecule has 0 bridgehead atoms. The number of nitrogen functional groups attached to an aromatic ring is 1. The topological polar surface area (TPSA) is 158 Å². The number of primary amides is 1. The van der Waals surface area contributed by atoms with Crippen molar-refractivity contribution in [1.29, 1.82) is 0 Å². The monoisotopic (exact) mass is 473 g/mol. The van der Waals surface area contributed by atoms with Gasteiger partial charge in [0.1, 0.15) is 22.2 Å². The molecule has 0 saturated heterocycles. The zero-order valence-electron chi connectivity index (χ0n) is 18.9. The lowest BCUT2D eigenvalue weighted by Gasteiger charge is -2.32. The molecule has 0 fully saturated rings. The summed E-state index contributed by atoms with van der Waals surface area (Å²) in [7, 11) is 0. The highest BCUT2D eigenvalue weighted by molar-refractivity contribution is 7.09. The van der Waals surface area contributed by atoms with E-state index in [1.165, 1.54) is 11.2 Å². The summed E-state index contributed by atoms with van der Waals surface area (Å²) in [6.45, 7) is 7.40. The molecule has 33 heavy (non-hydrogen) atoms. The first-order chi connectivity index (χ1) is 15.5. The quantitative estimate of drug-likeness (QED) is 0.431. The van der Waals surface area contributed by atoms with Crippen LogP contribution in [-0.4, -0.2) is 32.5 Å². The van der Waals surface area contributed by atoms with Crippen LogP contribution in [-0.2, 0) is 11.3 Å². The lowest BCUT2D eigenvalue weighted by atomic mass is 10.0. The predicted octanol–water partition coefficient (Wildman–Crippen LogP) is 3.01. The van der Waals surface area contributed by atoms with E-state index in [0.29, 0.717) is 17.9 Å². The van der Waals surface area contributed by atoms with Gasteiger partial charge >= 0.3 is 0 Å². The molecule has 11 heteroatoms. The molecule has 3 heterocycles. The maximum absolute atomic E-state index is 13.7. The Bertz CT molecular complexity index is 1150. The number of rotatable bonds is 9. The van der Waals surface area contributed by atoms with E-state index in [0.717, 1.165) is 11.5 Å². The maximum Gasteiger partial charge on any atom is 0.270 e. The fourth-order valence-corrected chi connectivity index (χ4v) is 3.89. The molecule has 0 saturated carbocycles. The molecule has 3 amide bonds. The number of amides is 3. The Morgan fingerprint density at radius 3 is 2.52 bits per heavy atom. The molecular formula is C22H27N5O5S. The van der Waals surface area contributed by atoms with E-state index in [-0.39, 0.29) is 28.6 Å². The summed E-state index contributed by atoms with van der Waals surface area (Å²) in [6.07, 6.45) is 2.13. The molecule has 3 aromatic rings. The van der Waals surface area contributed by atoms with E-state index in [2.05, 4.69) is 9.69 Å². The molecule has 0 spiro atoms. The molecule has 3 aromatic heterocycles. The first-order valence-electron chi connectivity index (χ1n) is 10.3. The molecule has 0 radical (unpaired) electrons. The lowest BCUT2D eigenvalue weighted by molar-refractivity contribution is -0.128. The number of aromatic nitrogens is 1. The first kappa shape index (κ1) is 24.1. The molecular weight excluding hydrogens is 446 g/mol. The summed E-state index contributed by atoms with van der Waals surface area (Å²) in [5.41, 5.74) is 10.5. The second-order valence-electron chi connectivity index (χ2n) is 8.23. The van der Waals surface area contributed by atoms with Crippen molar-refractivity contribution in [3.05, 3.63) is 58.4 Å². The van der Waals surface area contributed by atoms with Gasteiger partial charge in [-0.1, -0.05) is 6.92 Å². The zero-order valence-corrected chi connectivity index (χ0v) is 19.7. The number of nitrogens with zero attached hydrogens (tertiary/aromatic N) is 2. The third-order valence-electron chi connectivity index (χ3n) is 5.26. The third-order valence-corrected chi connectivity index (χ3v) is 6.11. The van der Waals surface area contributed by atoms with Gasteiger partial charge in [-0.15, -0.1) is 0 Å². The van der Waals surface area contributed by atoms with Crippen LogP contribution in [0, 0.1) is 6.92 Å². The minimum atomic E-state index is -1.14. The fourth-order valence-electron chi connectivity index (χ4n) is 3.13. The molecule has 1 atom stereocenters. The molecule has 3 rings (SSSR count). The molecule has 5 N–H and O–H groups in total. The Kier molecular flexibility index (Phi) is 6.92. The second-order valence-corrected chi connectivity index (χ2v) is 9.00. The normalized spacial score (nSPS) is 12.4. The van der Waals surface area contributed by atoms with Crippen LogP contribution in [0.5, 0.6) is 0 Å². The Balaban J connectivity index is 2.10. The number of hydrogen-bond donors (Lipinski definition) is 3. The van der Waals surface area contributed by atoms with E-state index in [1.54, 1.807) is 31.2 Å². The number of anilines is 1. The minimum Gasteiger partial charge on any atom is -0.467 e. The smallest absolute Gasteiger partial charge is 0.270 e. The van der Waals surface area contributed by atoms with Crippen LogP contribution in [0.3, 0.4) is 0 Å². The SMILES string of the molecule is CCC(C)(C)NC(=O)[C@@H](c1ccc(C)o1)N(Cc1ccco1)C(=O)c1snc(C(N)=O)c1N. The van der Waals surface area contributed by atoms with Gasteiger partial charge in [-0.25, -0.2) is 0 Å². The highest BCUT2D eigenvalue weighted by atomic mass is 32.1. The average Bonchev–Trinajstić information content (AvgIpc) is 3.48. The maximum atomic E-state index is 13.7. The Morgan fingerprint density at radius 1 is 1.27 bits per heavy atom. The van der Waals surface area contributed by atoms with Crippen LogP contribution in [0.1, 0.15) is 70.7 Å². The van der Waals surface area contributed by atoms with Crippen LogP contribution in [0.15, 0.2) is 39.4 Å². The Morgan fingerprint density at radius 2 is 2.00 bits per heavy atom.